The van der Waals surface area contributed by atoms with E-state index in [0.29, 0.717) is 11.9 Å². The first-order valence-corrected chi connectivity index (χ1v) is 7.87. The largest absolute Gasteiger partial charge is 0.383 e. The summed E-state index contributed by atoms with van der Waals surface area (Å²) in [6.45, 7) is 7.47. The normalized spacial score (nSPS) is 12.6. The van der Waals surface area contributed by atoms with Crippen molar-refractivity contribution < 1.29 is 0 Å². The van der Waals surface area contributed by atoms with Crippen LogP contribution in [0.3, 0.4) is 0 Å². The molecule has 0 aliphatic rings. The first-order chi connectivity index (χ1) is 8.69. The van der Waals surface area contributed by atoms with Crippen molar-refractivity contribution in [3.63, 3.8) is 0 Å². The van der Waals surface area contributed by atoms with Gasteiger partial charge in [0.2, 0.25) is 0 Å². The maximum Gasteiger partial charge on any atom is 0.128 e. The van der Waals surface area contributed by atoms with Gasteiger partial charge in [0.15, 0.2) is 0 Å². The summed E-state index contributed by atoms with van der Waals surface area (Å²) in [5.41, 5.74) is 8.32. The average molecular weight is 267 g/mol. The van der Waals surface area contributed by atoms with E-state index in [9.17, 15) is 0 Å². The number of pyridine rings is 1. The molecule has 0 radical (unpaired) electrons. The summed E-state index contributed by atoms with van der Waals surface area (Å²) in [4.78, 5) is 4.26. The molecule has 1 heterocycles. The van der Waals surface area contributed by atoms with Crippen molar-refractivity contribution in [3.05, 3.63) is 23.4 Å². The fourth-order valence-electron chi connectivity index (χ4n) is 1.80. The number of hydrogen-bond acceptors (Lipinski definition) is 4. The molecule has 0 bridgehead atoms. The van der Waals surface area contributed by atoms with E-state index in [1.54, 1.807) is 0 Å². The summed E-state index contributed by atoms with van der Waals surface area (Å²) in [6.07, 6.45) is 4.18. The number of hydrogen-bond donors (Lipinski definition) is 2. The van der Waals surface area contributed by atoms with Gasteiger partial charge in [-0.2, -0.15) is 11.8 Å². The number of nitrogens with one attached hydrogen (secondary N) is 1. The molecule has 0 amide bonds. The number of aryl methyl sites for hydroxylation is 1. The summed E-state index contributed by atoms with van der Waals surface area (Å²) in [7, 11) is 0. The van der Waals surface area contributed by atoms with Gasteiger partial charge in [0.1, 0.15) is 5.82 Å². The van der Waals surface area contributed by atoms with Gasteiger partial charge in [0, 0.05) is 23.6 Å². The van der Waals surface area contributed by atoms with Crippen molar-refractivity contribution in [2.24, 2.45) is 0 Å². The Labute approximate surface area is 115 Å². The van der Waals surface area contributed by atoms with Gasteiger partial charge in [-0.05, 0) is 43.7 Å². The molecule has 1 unspecified atom stereocenters. The highest BCUT2D eigenvalue weighted by Gasteiger charge is 2.14. The first kappa shape index (κ1) is 15.3. The predicted molar refractivity (Wildman–Crippen MR) is 82.0 cm³/mol. The third kappa shape index (κ3) is 4.86. The minimum Gasteiger partial charge on any atom is -0.383 e. The van der Waals surface area contributed by atoms with Gasteiger partial charge in [0.25, 0.3) is 0 Å². The second-order valence-electron chi connectivity index (χ2n) is 4.57. The van der Waals surface area contributed by atoms with Crippen LogP contribution in [0.5, 0.6) is 0 Å². The number of nitrogen functional groups attached to an aromatic ring is 1. The van der Waals surface area contributed by atoms with Crippen molar-refractivity contribution in [3.8, 4) is 0 Å². The van der Waals surface area contributed by atoms with Gasteiger partial charge in [-0.15, -0.1) is 0 Å². The molecule has 18 heavy (non-hydrogen) atoms. The van der Waals surface area contributed by atoms with Gasteiger partial charge in [-0.1, -0.05) is 13.8 Å². The molecule has 0 saturated carbocycles. The predicted octanol–water partition coefficient (Wildman–Crippen LogP) is 3.16. The van der Waals surface area contributed by atoms with Crippen LogP contribution in [-0.2, 0) is 0 Å². The third-order valence-electron chi connectivity index (χ3n) is 2.74. The highest BCUT2D eigenvalue weighted by Crippen LogP contribution is 2.23. The lowest BCUT2D eigenvalue weighted by atomic mass is 10.1. The van der Waals surface area contributed by atoms with Crippen molar-refractivity contribution in [2.75, 3.05) is 23.8 Å². The zero-order valence-corrected chi connectivity index (χ0v) is 12.5. The number of rotatable bonds is 8. The van der Waals surface area contributed by atoms with E-state index in [1.165, 1.54) is 17.7 Å². The molecule has 0 aliphatic heterocycles. The number of aromatic nitrogens is 1. The van der Waals surface area contributed by atoms with Crippen molar-refractivity contribution in [2.45, 2.75) is 39.7 Å². The lowest BCUT2D eigenvalue weighted by Gasteiger charge is -2.20. The van der Waals surface area contributed by atoms with Crippen LogP contribution in [0.4, 0.5) is 5.82 Å². The van der Waals surface area contributed by atoms with Crippen LogP contribution < -0.4 is 11.1 Å². The molecule has 4 heteroatoms. The maximum atomic E-state index is 6.01. The van der Waals surface area contributed by atoms with Crippen LogP contribution in [0.15, 0.2) is 12.3 Å². The molecular formula is C14H25N3S. The van der Waals surface area contributed by atoms with E-state index in [-0.39, 0.29) is 0 Å². The smallest absolute Gasteiger partial charge is 0.128 e. The van der Waals surface area contributed by atoms with Crippen LogP contribution in [0.1, 0.15) is 43.9 Å². The molecule has 3 nitrogen and oxygen atoms in total. The lowest BCUT2D eigenvalue weighted by Crippen LogP contribution is -2.25. The molecule has 1 rings (SSSR count). The molecule has 1 aromatic rings. The van der Waals surface area contributed by atoms with Gasteiger partial charge in [0.05, 0.1) is 0 Å². The number of thioether (sulfide) groups is 1. The minimum atomic E-state index is 0.314. The summed E-state index contributed by atoms with van der Waals surface area (Å²) in [6, 6.07) is 2.47. The summed E-state index contributed by atoms with van der Waals surface area (Å²) in [5.74, 6) is 2.92. The van der Waals surface area contributed by atoms with E-state index >= 15 is 0 Å². The van der Waals surface area contributed by atoms with E-state index in [0.717, 1.165) is 24.3 Å². The van der Waals surface area contributed by atoms with Gasteiger partial charge in [-0.25, -0.2) is 4.98 Å². The molecule has 0 aliphatic carbocycles. The SMILES string of the molecule is CCCNC(CSCCC)c1cc(C)cnc1N. The topological polar surface area (TPSA) is 50.9 Å². The Morgan fingerprint density at radius 1 is 1.39 bits per heavy atom. The summed E-state index contributed by atoms with van der Waals surface area (Å²) >= 11 is 1.98. The Balaban J connectivity index is 2.75. The second-order valence-corrected chi connectivity index (χ2v) is 5.72. The maximum absolute atomic E-state index is 6.01. The molecule has 1 atom stereocenters. The quantitative estimate of drug-likeness (QED) is 0.710. The van der Waals surface area contributed by atoms with E-state index in [4.69, 9.17) is 5.73 Å². The molecule has 102 valence electrons. The molecule has 0 aromatic carbocycles. The fourth-order valence-corrected chi connectivity index (χ4v) is 2.79. The molecule has 3 N–H and O–H groups in total. The van der Waals surface area contributed by atoms with Crippen LogP contribution >= 0.6 is 11.8 Å². The minimum absolute atomic E-state index is 0.314. The summed E-state index contributed by atoms with van der Waals surface area (Å²) in [5, 5.41) is 3.57. The Morgan fingerprint density at radius 3 is 2.83 bits per heavy atom. The van der Waals surface area contributed by atoms with Crippen LogP contribution in [0.25, 0.3) is 0 Å². The lowest BCUT2D eigenvalue weighted by molar-refractivity contribution is 0.577. The highest BCUT2D eigenvalue weighted by atomic mass is 32.2. The van der Waals surface area contributed by atoms with Gasteiger partial charge in [-0.3, -0.25) is 0 Å². The van der Waals surface area contributed by atoms with Crippen molar-refractivity contribution >= 4 is 17.6 Å². The molecule has 0 spiro atoms. The van der Waals surface area contributed by atoms with Crippen LogP contribution in [0, 0.1) is 6.92 Å². The highest BCUT2D eigenvalue weighted by molar-refractivity contribution is 7.99. The van der Waals surface area contributed by atoms with Gasteiger partial charge < -0.3 is 11.1 Å². The second kappa shape index (κ2) is 8.38. The third-order valence-corrected chi connectivity index (χ3v) is 4.00. The Kier molecular flexibility index (Phi) is 7.13. The summed E-state index contributed by atoms with van der Waals surface area (Å²) < 4.78 is 0. The van der Waals surface area contributed by atoms with E-state index in [2.05, 4.69) is 37.1 Å². The zero-order chi connectivity index (χ0) is 13.4. The molecular weight excluding hydrogens is 242 g/mol. The Morgan fingerprint density at radius 2 is 2.17 bits per heavy atom. The number of anilines is 1. The fraction of sp³-hybridized carbons (Fsp3) is 0.643. The van der Waals surface area contributed by atoms with Crippen molar-refractivity contribution in [1.82, 2.24) is 10.3 Å². The van der Waals surface area contributed by atoms with Gasteiger partial charge >= 0.3 is 0 Å². The zero-order valence-electron chi connectivity index (χ0n) is 11.7. The van der Waals surface area contributed by atoms with E-state index in [1.807, 2.05) is 18.0 Å². The van der Waals surface area contributed by atoms with E-state index < -0.39 is 0 Å². The van der Waals surface area contributed by atoms with Crippen LogP contribution in [-0.4, -0.2) is 23.0 Å². The van der Waals surface area contributed by atoms with Crippen molar-refractivity contribution in [1.29, 1.82) is 0 Å². The average Bonchev–Trinajstić information content (AvgIpc) is 2.37. The molecule has 1 aromatic heterocycles. The Bertz CT molecular complexity index is 355. The number of nitrogens with two attached hydrogens (primary N) is 1. The molecule has 0 fully saturated rings. The monoisotopic (exact) mass is 267 g/mol. The van der Waals surface area contributed by atoms with Crippen LogP contribution in [0.2, 0.25) is 0 Å². The Hall–Kier alpha value is -0.740. The number of nitrogens with zero attached hydrogens (tertiary/aromatic N) is 1. The standard InChI is InChI=1S/C14H25N3S/c1-4-6-16-13(10-18-7-5-2)12-8-11(3)9-17-14(12)15/h8-9,13,16H,4-7,10H2,1-3H3,(H2,15,17). The first-order valence-electron chi connectivity index (χ1n) is 6.72. The molecule has 0 saturated heterocycles.